The molecule has 0 aliphatic heterocycles. The number of hydrogen-bond acceptors (Lipinski definition) is 6. The van der Waals surface area contributed by atoms with Gasteiger partial charge in [0.05, 0.1) is 0 Å². The Balaban J connectivity index is 2.33. The van der Waals surface area contributed by atoms with Crippen LogP contribution in [0.1, 0.15) is 19.7 Å². The van der Waals surface area contributed by atoms with Crippen LogP contribution >= 0.6 is 0 Å². The van der Waals surface area contributed by atoms with E-state index in [1.807, 2.05) is 13.8 Å². The molecular formula is C9H13N5O2. The van der Waals surface area contributed by atoms with Crippen LogP contribution in [0.25, 0.3) is 11.6 Å². The molecule has 0 unspecified atom stereocenters. The summed E-state index contributed by atoms with van der Waals surface area (Å²) < 4.78 is 10.3. The maximum absolute atomic E-state index is 5.48. The van der Waals surface area contributed by atoms with Crippen LogP contribution in [0, 0.1) is 0 Å². The third-order valence-corrected chi connectivity index (χ3v) is 2.30. The molecule has 0 amide bonds. The predicted molar refractivity (Wildman–Crippen MR) is 56.3 cm³/mol. The molecule has 0 aliphatic rings. The van der Waals surface area contributed by atoms with E-state index in [4.69, 9.17) is 15.0 Å². The molecule has 86 valence electrons. The molecule has 0 saturated heterocycles. The summed E-state index contributed by atoms with van der Waals surface area (Å²) in [4.78, 5) is 4.21. The summed E-state index contributed by atoms with van der Waals surface area (Å²) >= 11 is 0. The standard InChI is InChI=1S/C9H13N5O2/c1-9(2,15-3)8-11-7(16-14-8)5-4-6(10)13-12-5/h4H,1-3H3,(H3,10,12,13). The third-order valence-electron chi connectivity index (χ3n) is 2.30. The fraction of sp³-hybridized carbons (Fsp3) is 0.444. The van der Waals surface area contributed by atoms with E-state index in [1.54, 1.807) is 13.2 Å². The van der Waals surface area contributed by atoms with Crippen LogP contribution in [0.5, 0.6) is 0 Å². The predicted octanol–water partition coefficient (Wildman–Crippen LogP) is 0.923. The number of H-pyrrole nitrogens is 1. The highest BCUT2D eigenvalue weighted by Gasteiger charge is 2.26. The monoisotopic (exact) mass is 223 g/mol. The van der Waals surface area contributed by atoms with Crippen LogP contribution < -0.4 is 5.73 Å². The van der Waals surface area contributed by atoms with Gasteiger partial charge in [-0.15, -0.1) is 0 Å². The van der Waals surface area contributed by atoms with E-state index in [2.05, 4.69) is 20.3 Å². The number of nitrogens with one attached hydrogen (secondary N) is 1. The Labute approximate surface area is 92.0 Å². The molecule has 2 aromatic rings. The van der Waals surface area contributed by atoms with Crippen LogP contribution in [-0.4, -0.2) is 27.4 Å². The van der Waals surface area contributed by atoms with Gasteiger partial charge >= 0.3 is 0 Å². The zero-order chi connectivity index (χ0) is 11.8. The van der Waals surface area contributed by atoms with E-state index in [0.29, 0.717) is 23.2 Å². The van der Waals surface area contributed by atoms with Crippen molar-refractivity contribution in [2.75, 3.05) is 12.8 Å². The molecule has 0 atom stereocenters. The number of anilines is 1. The molecule has 7 nitrogen and oxygen atoms in total. The highest BCUT2D eigenvalue weighted by molar-refractivity contribution is 5.51. The van der Waals surface area contributed by atoms with Gasteiger partial charge in [0, 0.05) is 13.2 Å². The van der Waals surface area contributed by atoms with Crippen molar-refractivity contribution in [1.82, 2.24) is 20.3 Å². The summed E-state index contributed by atoms with van der Waals surface area (Å²) in [6.45, 7) is 3.70. The topological polar surface area (TPSA) is 103 Å². The molecule has 0 radical (unpaired) electrons. The van der Waals surface area contributed by atoms with Crippen molar-refractivity contribution >= 4 is 5.82 Å². The Morgan fingerprint density at radius 2 is 2.25 bits per heavy atom. The van der Waals surface area contributed by atoms with Gasteiger partial charge in [-0.2, -0.15) is 10.1 Å². The first-order valence-corrected chi connectivity index (χ1v) is 4.73. The van der Waals surface area contributed by atoms with Crippen molar-refractivity contribution in [3.63, 3.8) is 0 Å². The van der Waals surface area contributed by atoms with Crippen LogP contribution in [0.3, 0.4) is 0 Å². The number of aromatic amines is 1. The number of rotatable bonds is 3. The highest BCUT2D eigenvalue weighted by atomic mass is 16.5. The molecule has 2 heterocycles. The summed E-state index contributed by atoms with van der Waals surface area (Å²) in [5.41, 5.74) is 5.47. The smallest absolute Gasteiger partial charge is 0.276 e. The first kappa shape index (κ1) is 10.6. The minimum Gasteiger partial charge on any atom is -0.382 e. The number of aromatic nitrogens is 4. The lowest BCUT2D eigenvalue weighted by atomic mass is 10.1. The maximum Gasteiger partial charge on any atom is 0.276 e. The Kier molecular flexibility index (Phi) is 2.39. The second-order valence-electron chi connectivity index (χ2n) is 3.84. The SMILES string of the molecule is COC(C)(C)c1noc(-c2cc(N)n[nH]2)n1. The minimum absolute atomic E-state index is 0.337. The second kappa shape index (κ2) is 3.60. The summed E-state index contributed by atoms with van der Waals surface area (Å²) in [5, 5.41) is 10.3. The number of nitrogen functional groups attached to an aromatic ring is 1. The molecule has 0 spiro atoms. The van der Waals surface area contributed by atoms with Crippen molar-refractivity contribution in [3.05, 3.63) is 11.9 Å². The molecule has 3 N–H and O–H groups in total. The molecule has 0 bridgehead atoms. The average molecular weight is 223 g/mol. The summed E-state index contributed by atoms with van der Waals surface area (Å²) in [6.07, 6.45) is 0. The quantitative estimate of drug-likeness (QED) is 0.802. The number of hydrogen-bond donors (Lipinski definition) is 2. The first-order valence-electron chi connectivity index (χ1n) is 4.73. The lowest BCUT2D eigenvalue weighted by Gasteiger charge is -2.17. The van der Waals surface area contributed by atoms with Gasteiger partial charge in [0.15, 0.2) is 0 Å². The Morgan fingerprint density at radius 1 is 1.50 bits per heavy atom. The van der Waals surface area contributed by atoms with Gasteiger partial charge in [-0.3, -0.25) is 5.10 Å². The van der Waals surface area contributed by atoms with Gasteiger partial charge in [-0.25, -0.2) is 0 Å². The first-order chi connectivity index (χ1) is 7.53. The van der Waals surface area contributed by atoms with Gasteiger partial charge in [0.25, 0.3) is 5.89 Å². The van der Waals surface area contributed by atoms with E-state index >= 15 is 0 Å². The maximum atomic E-state index is 5.48. The number of methoxy groups -OCH3 is 1. The van der Waals surface area contributed by atoms with Crippen molar-refractivity contribution in [2.45, 2.75) is 19.4 Å². The van der Waals surface area contributed by atoms with E-state index in [1.165, 1.54) is 0 Å². The summed E-state index contributed by atoms with van der Waals surface area (Å²) in [6, 6.07) is 1.62. The fourth-order valence-electron chi connectivity index (χ4n) is 1.12. The zero-order valence-electron chi connectivity index (χ0n) is 9.31. The molecule has 0 fully saturated rings. The lowest BCUT2D eigenvalue weighted by molar-refractivity contribution is 0.00973. The summed E-state index contributed by atoms with van der Waals surface area (Å²) in [5.74, 6) is 1.18. The van der Waals surface area contributed by atoms with Crippen molar-refractivity contribution in [3.8, 4) is 11.6 Å². The van der Waals surface area contributed by atoms with Crippen LogP contribution in [0.4, 0.5) is 5.82 Å². The molecule has 7 heteroatoms. The zero-order valence-corrected chi connectivity index (χ0v) is 9.31. The number of ether oxygens (including phenoxy) is 1. The highest BCUT2D eigenvalue weighted by Crippen LogP contribution is 2.24. The number of nitrogens with zero attached hydrogens (tertiary/aromatic N) is 3. The molecule has 0 aliphatic carbocycles. The molecule has 2 rings (SSSR count). The van der Waals surface area contributed by atoms with Gasteiger partial charge < -0.3 is 15.0 Å². The Morgan fingerprint density at radius 3 is 2.81 bits per heavy atom. The number of nitrogens with two attached hydrogens (primary N) is 1. The van der Waals surface area contributed by atoms with Gasteiger partial charge in [-0.1, -0.05) is 5.16 Å². The van der Waals surface area contributed by atoms with E-state index in [9.17, 15) is 0 Å². The Bertz CT molecular complexity index is 488. The molecule has 0 aromatic carbocycles. The van der Waals surface area contributed by atoms with Crippen molar-refractivity contribution < 1.29 is 9.26 Å². The summed E-state index contributed by atoms with van der Waals surface area (Å²) in [7, 11) is 1.59. The largest absolute Gasteiger partial charge is 0.382 e. The molecule has 0 saturated carbocycles. The Hall–Kier alpha value is -1.89. The van der Waals surface area contributed by atoms with Crippen LogP contribution in [0.15, 0.2) is 10.6 Å². The van der Waals surface area contributed by atoms with Crippen LogP contribution in [0.2, 0.25) is 0 Å². The normalized spacial score (nSPS) is 11.9. The molecular weight excluding hydrogens is 210 g/mol. The van der Waals surface area contributed by atoms with E-state index in [-0.39, 0.29) is 0 Å². The third kappa shape index (κ3) is 1.76. The van der Waals surface area contributed by atoms with Gasteiger partial charge in [0.1, 0.15) is 17.1 Å². The van der Waals surface area contributed by atoms with Crippen molar-refractivity contribution in [2.24, 2.45) is 0 Å². The van der Waals surface area contributed by atoms with E-state index in [0.717, 1.165) is 0 Å². The van der Waals surface area contributed by atoms with E-state index < -0.39 is 5.60 Å². The fourth-order valence-corrected chi connectivity index (χ4v) is 1.12. The molecule has 16 heavy (non-hydrogen) atoms. The van der Waals surface area contributed by atoms with Gasteiger partial charge in [-0.05, 0) is 13.8 Å². The minimum atomic E-state index is -0.590. The lowest BCUT2D eigenvalue weighted by Crippen LogP contribution is -2.21. The van der Waals surface area contributed by atoms with Gasteiger partial charge in [0.2, 0.25) is 5.82 Å². The average Bonchev–Trinajstić information content (AvgIpc) is 2.85. The van der Waals surface area contributed by atoms with Crippen molar-refractivity contribution in [1.29, 1.82) is 0 Å². The molecule has 2 aromatic heterocycles. The van der Waals surface area contributed by atoms with Crippen LogP contribution in [-0.2, 0) is 10.3 Å². The second-order valence-corrected chi connectivity index (χ2v) is 3.84.